The maximum absolute atomic E-state index is 6.87. The van der Waals surface area contributed by atoms with Crippen LogP contribution >= 0.6 is 0 Å². The van der Waals surface area contributed by atoms with E-state index in [2.05, 4.69) is 91.8 Å². The first-order chi connectivity index (χ1) is 14.2. The zero-order valence-corrected chi connectivity index (χ0v) is 22.5. The van der Waals surface area contributed by atoms with Gasteiger partial charge in [-0.25, -0.2) is 0 Å². The normalized spacial score (nSPS) is 12.1. The van der Waals surface area contributed by atoms with Crippen molar-refractivity contribution < 1.29 is 23.3 Å². The predicted molar refractivity (Wildman–Crippen MR) is 135 cm³/mol. The minimum absolute atomic E-state index is 0. The van der Waals surface area contributed by atoms with Gasteiger partial charge in [-0.2, -0.15) is 10.4 Å². The molecular weight excluding hydrogens is 387 g/mol. The Bertz CT molecular complexity index is 768. The SMILES string of the molecule is CCCCCC/C=C/C(C)O[Si-](c1c(C)cc(C)cc1C)c1c(C)cc(C)cc1C.[Li+]. The first kappa shape index (κ1) is 28.0. The van der Waals surface area contributed by atoms with Crippen molar-refractivity contribution >= 4 is 19.4 Å². The van der Waals surface area contributed by atoms with Gasteiger partial charge in [0.1, 0.15) is 0 Å². The van der Waals surface area contributed by atoms with Crippen LogP contribution in [0, 0.1) is 41.5 Å². The average Bonchev–Trinajstić information content (AvgIpc) is 2.62. The van der Waals surface area contributed by atoms with E-state index in [1.165, 1.54) is 69.4 Å². The van der Waals surface area contributed by atoms with Gasteiger partial charge in [-0.3, -0.25) is 0 Å². The molecule has 0 bridgehead atoms. The van der Waals surface area contributed by atoms with E-state index in [1.807, 2.05) is 0 Å². The van der Waals surface area contributed by atoms with Gasteiger partial charge >= 0.3 is 18.9 Å². The summed E-state index contributed by atoms with van der Waals surface area (Å²) in [4.78, 5) is 0. The Morgan fingerprint density at radius 1 is 0.774 bits per heavy atom. The van der Waals surface area contributed by atoms with Gasteiger partial charge in [0, 0.05) is 6.10 Å². The summed E-state index contributed by atoms with van der Waals surface area (Å²) in [5.41, 5.74) is 8.08. The maximum Gasteiger partial charge on any atom is 1.00 e. The second kappa shape index (κ2) is 13.5. The van der Waals surface area contributed by atoms with Gasteiger partial charge in [0.2, 0.25) is 0 Å². The third kappa shape index (κ3) is 8.10. The molecule has 164 valence electrons. The van der Waals surface area contributed by atoms with E-state index in [9.17, 15) is 0 Å². The fraction of sp³-hybridized carbons (Fsp3) is 0.500. The van der Waals surface area contributed by atoms with Crippen molar-refractivity contribution in [1.82, 2.24) is 0 Å². The Morgan fingerprint density at radius 2 is 1.23 bits per heavy atom. The molecule has 3 heteroatoms. The van der Waals surface area contributed by atoms with Gasteiger partial charge in [-0.15, -0.1) is 9.04 Å². The van der Waals surface area contributed by atoms with Crippen LogP contribution in [0.2, 0.25) is 0 Å². The summed E-state index contributed by atoms with van der Waals surface area (Å²) < 4.78 is 6.87. The van der Waals surface area contributed by atoms with Crippen LogP contribution in [0.4, 0.5) is 0 Å². The van der Waals surface area contributed by atoms with E-state index in [-0.39, 0.29) is 25.0 Å². The molecule has 0 amide bonds. The molecule has 1 nitrogen and oxygen atoms in total. The summed E-state index contributed by atoms with van der Waals surface area (Å²) in [6.07, 6.45) is 11.1. The third-order valence-electron chi connectivity index (χ3n) is 5.74. The van der Waals surface area contributed by atoms with Crippen LogP contribution in [0.3, 0.4) is 0 Å². The topological polar surface area (TPSA) is 9.23 Å². The number of hydrogen-bond acceptors (Lipinski definition) is 1. The van der Waals surface area contributed by atoms with Crippen molar-refractivity contribution in [3.63, 3.8) is 0 Å². The van der Waals surface area contributed by atoms with Crippen LogP contribution in [0.25, 0.3) is 0 Å². The Balaban J connectivity index is 0.00000480. The summed E-state index contributed by atoms with van der Waals surface area (Å²) in [5.74, 6) is 0. The number of hydrogen-bond donors (Lipinski definition) is 0. The molecule has 1 atom stereocenters. The van der Waals surface area contributed by atoms with E-state index in [1.54, 1.807) is 0 Å². The minimum atomic E-state index is -1.35. The molecule has 2 aromatic carbocycles. The monoisotopic (exact) mass is 428 g/mol. The molecule has 1 unspecified atom stereocenters. The smallest absolute Gasteiger partial charge is 0.554 e. The predicted octanol–water partition coefficient (Wildman–Crippen LogP) is 3.58. The molecule has 0 saturated carbocycles. The van der Waals surface area contributed by atoms with E-state index >= 15 is 0 Å². The number of rotatable bonds is 10. The van der Waals surface area contributed by atoms with E-state index in [0.29, 0.717) is 0 Å². The fourth-order valence-electron chi connectivity index (χ4n) is 4.52. The molecule has 0 spiro atoms. The first-order valence-corrected chi connectivity index (χ1v) is 13.0. The van der Waals surface area contributed by atoms with Crippen LogP contribution in [0.15, 0.2) is 36.4 Å². The molecule has 0 fully saturated rings. The number of unbranched alkanes of at least 4 members (excludes halogenated alkanes) is 4. The molecule has 0 aliphatic carbocycles. The molecule has 31 heavy (non-hydrogen) atoms. The molecule has 0 radical (unpaired) electrons. The molecule has 2 rings (SSSR count). The molecule has 2 aromatic rings. The summed E-state index contributed by atoms with van der Waals surface area (Å²) in [5, 5.41) is 2.84. The molecule has 0 aliphatic heterocycles. The fourth-order valence-corrected chi connectivity index (χ4v) is 7.18. The molecule has 0 heterocycles. The van der Waals surface area contributed by atoms with Crippen molar-refractivity contribution in [2.24, 2.45) is 0 Å². The number of aryl methyl sites for hydroxylation is 6. The second-order valence-electron chi connectivity index (χ2n) is 8.98. The van der Waals surface area contributed by atoms with Crippen LogP contribution in [-0.4, -0.2) is 15.1 Å². The van der Waals surface area contributed by atoms with Gasteiger partial charge in [-0.05, 0) is 61.3 Å². The molecular formula is C28H41LiOSi. The Labute approximate surface area is 205 Å². The molecule has 0 aromatic heterocycles. The van der Waals surface area contributed by atoms with Crippen LogP contribution < -0.4 is 29.2 Å². The quantitative estimate of drug-likeness (QED) is 0.319. The standard InChI is InChI=1S/C28H41OSi.Li/c1-9-10-11-12-13-14-15-26(8)29-30(27-22(4)16-20(2)17-23(27)5)28-24(6)18-21(3)19-25(28)7;/h14-19,26H,9-13H2,1-8H3;/q-1;+1/b15-14+;. The number of benzene rings is 2. The zero-order valence-electron chi connectivity index (χ0n) is 21.5. The van der Waals surface area contributed by atoms with Crippen LogP contribution in [0.1, 0.15) is 79.3 Å². The van der Waals surface area contributed by atoms with Crippen LogP contribution in [0.5, 0.6) is 0 Å². The van der Waals surface area contributed by atoms with Crippen molar-refractivity contribution in [1.29, 1.82) is 0 Å². The van der Waals surface area contributed by atoms with Crippen molar-refractivity contribution in [2.75, 3.05) is 0 Å². The van der Waals surface area contributed by atoms with E-state index in [0.717, 1.165) is 6.42 Å². The largest absolute Gasteiger partial charge is 1.00 e. The van der Waals surface area contributed by atoms with Gasteiger partial charge in [0.05, 0.1) is 0 Å². The van der Waals surface area contributed by atoms with Crippen molar-refractivity contribution in [3.8, 4) is 0 Å². The van der Waals surface area contributed by atoms with Crippen molar-refractivity contribution in [2.45, 2.75) is 93.6 Å². The van der Waals surface area contributed by atoms with Gasteiger partial charge < -0.3 is 4.43 Å². The van der Waals surface area contributed by atoms with Crippen molar-refractivity contribution in [3.05, 3.63) is 69.8 Å². The van der Waals surface area contributed by atoms with E-state index in [4.69, 9.17) is 4.43 Å². The Hall–Kier alpha value is -1.05. The summed E-state index contributed by atoms with van der Waals surface area (Å²) in [6.45, 7) is 17.8. The molecule has 0 N–H and O–H groups in total. The first-order valence-electron chi connectivity index (χ1n) is 11.6. The Morgan fingerprint density at radius 3 is 1.65 bits per heavy atom. The summed E-state index contributed by atoms with van der Waals surface area (Å²) in [7, 11) is -1.35. The van der Waals surface area contributed by atoms with Gasteiger partial charge in [-0.1, -0.05) is 96.0 Å². The summed E-state index contributed by atoms with van der Waals surface area (Å²) in [6, 6.07) is 9.24. The van der Waals surface area contributed by atoms with Gasteiger partial charge in [0.25, 0.3) is 0 Å². The molecule has 0 aliphatic rings. The summed E-state index contributed by atoms with van der Waals surface area (Å²) >= 11 is 0. The molecule has 0 saturated heterocycles. The third-order valence-corrected chi connectivity index (χ3v) is 8.84. The second-order valence-corrected chi connectivity index (χ2v) is 10.9. The number of allylic oxidation sites excluding steroid dienone is 1. The Kier molecular flexibility index (Phi) is 12.2. The van der Waals surface area contributed by atoms with E-state index < -0.39 is 9.04 Å². The minimum Gasteiger partial charge on any atom is -0.554 e. The van der Waals surface area contributed by atoms with Gasteiger partial charge in [0.15, 0.2) is 0 Å². The van der Waals surface area contributed by atoms with Crippen LogP contribution in [-0.2, 0) is 4.43 Å². The maximum atomic E-state index is 6.87. The average molecular weight is 429 g/mol. The zero-order chi connectivity index (χ0) is 22.3.